The number of amides is 1. The van der Waals surface area contributed by atoms with Crippen molar-refractivity contribution < 1.29 is 4.79 Å². The lowest BCUT2D eigenvalue weighted by atomic mass is 10.1. The predicted octanol–water partition coefficient (Wildman–Crippen LogP) is 2.20. The minimum absolute atomic E-state index is 0.261. The summed E-state index contributed by atoms with van der Waals surface area (Å²) in [5.41, 5.74) is 2.73. The summed E-state index contributed by atoms with van der Waals surface area (Å²) in [6.45, 7) is 0. The molecule has 15 heavy (non-hydrogen) atoms. The second-order valence-electron chi connectivity index (χ2n) is 4.57. The fraction of sp³-hybridized carbons (Fsp3) is 0.462. The Hall–Kier alpha value is -1.31. The predicted molar refractivity (Wildman–Crippen MR) is 58.4 cm³/mol. The molecule has 0 spiro atoms. The van der Waals surface area contributed by atoms with Gasteiger partial charge in [0, 0.05) is 5.92 Å². The zero-order valence-corrected chi connectivity index (χ0v) is 8.70. The normalized spacial score (nSPS) is 23.6. The van der Waals surface area contributed by atoms with E-state index in [-0.39, 0.29) is 11.9 Å². The van der Waals surface area contributed by atoms with Gasteiger partial charge in [-0.25, -0.2) is 0 Å². The summed E-state index contributed by atoms with van der Waals surface area (Å²) in [5, 5.41) is 3.16. The fourth-order valence-electron chi connectivity index (χ4n) is 2.34. The molecule has 1 aromatic carbocycles. The molecule has 0 aromatic heterocycles. The van der Waals surface area contributed by atoms with Gasteiger partial charge in [0.2, 0.25) is 5.91 Å². The molecule has 1 saturated carbocycles. The summed E-state index contributed by atoms with van der Waals surface area (Å²) in [6.07, 6.45) is 4.34. The Kier molecular flexibility index (Phi) is 2.01. The van der Waals surface area contributed by atoms with Crippen LogP contribution in [0.15, 0.2) is 24.3 Å². The summed E-state index contributed by atoms with van der Waals surface area (Å²) >= 11 is 0. The minimum Gasteiger partial charge on any atom is -0.349 e. The Labute approximate surface area is 89.7 Å². The van der Waals surface area contributed by atoms with E-state index in [1.165, 1.54) is 11.1 Å². The Balaban J connectivity index is 1.75. The third kappa shape index (κ3) is 1.65. The van der Waals surface area contributed by atoms with E-state index in [1.54, 1.807) is 0 Å². The van der Waals surface area contributed by atoms with Gasteiger partial charge in [-0.2, -0.15) is 0 Å². The molecule has 78 valence electrons. The first kappa shape index (κ1) is 8.96. The second kappa shape index (κ2) is 3.37. The van der Waals surface area contributed by atoms with Gasteiger partial charge in [0.25, 0.3) is 0 Å². The van der Waals surface area contributed by atoms with Crippen molar-refractivity contribution in [2.45, 2.75) is 31.7 Å². The highest BCUT2D eigenvalue weighted by atomic mass is 16.2. The lowest BCUT2D eigenvalue weighted by molar-refractivity contribution is -0.123. The molecule has 1 atom stereocenters. The molecule has 2 aliphatic carbocycles. The van der Waals surface area contributed by atoms with Gasteiger partial charge in [0.1, 0.15) is 0 Å². The van der Waals surface area contributed by atoms with Gasteiger partial charge in [0.15, 0.2) is 0 Å². The Morgan fingerprint density at radius 3 is 2.80 bits per heavy atom. The number of nitrogens with one attached hydrogen (secondary N) is 1. The van der Waals surface area contributed by atoms with Crippen LogP contribution in [0.1, 0.15) is 36.4 Å². The molecule has 0 heterocycles. The maximum Gasteiger partial charge on any atom is 0.223 e. The third-order valence-electron chi connectivity index (χ3n) is 3.40. The number of hydrogen-bond acceptors (Lipinski definition) is 1. The SMILES string of the molecule is O=C(NC1CCc2ccccc21)C1CC1. The van der Waals surface area contributed by atoms with Gasteiger partial charge >= 0.3 is 0 Å². The summed E-state index contributed by atoms with van der Waals surface area (Å²) in [4.78, 5) is 11.7. The molecular formula is C13H15NO. The number of benzene rings is 1. The van der Waals surface area contributed by atoms with Crippen molar-refractivity contribution in [3.8, 4) is 0 Å². The number of fused-ring (bicyclic) bond motifs is 1. The number of carbonyl (C=O) groups excluding carboxylic acids is 1. The lowest BCUT2D eigenvalue weighted by Gasteiger charge is -2.13. The molecule has 1 fully saturated rings. The molecule has 3 rings (SSSR count). The van der Waals surface area contributed by atoms with Gasteiger partial charge in [-0.05, 0) is 36.8 Å². The molecule has 0 bridgehead atoms. The van der Waals surface area contributed by atoms with Crippen LogP contribution in [0, 0.1) is 5.92 Å². The van der Waals surface area contributed by atoms with Crippen LogP contribution in [0.5, 0.6) is 0 Å². The van der Waals surface area contributed by atoms with Crippen molar-refractivity contribution in [2.24, 2.45) is 5.92 Å². The van der Waals surface area contributed by atoms with E-state index >= 15 is 0 Å². The Bertz CT molecular complexity index is 395. The smallest absolute Gasteiger partial charge is 0.223 e. The summed E-state index contributed by atoms with van der Waals surface area (Å²) in [7, 11) is 0. The maximum atomic E-state index is 11.7. The molecular weight excluding hydrogens is 186 g/mol. The number of rotatable bonds is 2. The molecule has 1 unspecified atom stereocenters. The first-order valence-corrected chi connectivity index (χ1v) is 5.73. The molecule has 0 aliphatic heterocycles. The molecule has 1 amide bonds. The van der Waals surface area contributed by atoms with Crippen molar-refractivity contribution in [1.82, 2.24) is 5.32 Å². The molecule has 2 heteroatoms. The topological polar surface area (TPSA) is 29.1 Å². The van der Waals surface area contributed by atoms with Crippen LogP contribution >= 0.6 is 0 Å². The van der Waals surface area contributed by atoms with Crippen LogP contribution in [0.4, 0.5) is 0 Å². The van der Waals surface area contributed by atoms with E-state index in [4.69, 9.17) is 0 Å². The van der Waals surface area contributed by atoms with E-state index in [2.05, 4.69) is 29.6 Å². The van der Waals surface area contributed by atoms with E-state index in [9.17, 15) is 4.79 Å². The van der Waals surface area contributed by atoms with Crippen LogP contribution in [-0.4, -0.2) is 5.91 Å². The van der Waals surface area contributed by atoms with Crippen molar-refractivity contribution in [3.05, 3.63) is 35.4 Å². The number of hydrogen-bond donors (Lipinski definition) is 1. The monoisotopic (exact) mass is 201 g/mol. The fourth-order valence-corrected chi connectivity index (χ4v) is 2.34. The molecule has 0 radical (unpaired) electrons. The largest absolute Gasteiger partial charge is 0.349 e. The molecule has 1 aromatic rings. The van der Waals surface area contributed by atoms with Crippen molar-refractivity contribution in [2.75, 3.05) is 0 Å². The average Bonchev–Trinajstić information content (AvgIpc) is 3.03. The third-order valence-corrected chi connectivity index (χ3v) is 3.40. The molecule has 2 nitrogen and oxygen atoms in total. The zero-order chi connectivity index (χ0) is 10.3. The average molecular weight is 201 g/mol. The minimum atomic E-state index is 0.261. The van der Waals surface area contributed by atoms with Crippen molar-refractivity contribution >= 4 is 5.91 Å². The zero-order valence-electron chi connectivity index (χ0n) is 8.70. The molecule has 1 N–H and O–H groups in total. The summed E-state index contributed by atoms with van der Waals surface area (Å²) in [6, 6.07) is 8.71. The second-order valence-corrected chi connectivity index (χ2v) is 4.57. The van der Waals surface area contributed by atoms with Crippen LogP contribution < -0.4 is 5.32 Å². The number of carbonyl (C=O) groups is 1. The van der Waals surface area contributed by atoms with E-state index in [0.29, 0.717) is 5.92 Å². The highest BCUT2D eigenvalue weighted by molar-refractivity contribution is 5.81. The van der Waals surface area contributed by atoms with Crippen molar-refractivity contribution in [3.63, 3.8) is 0 Å². The van der Waals surface area contributed by atoms with Gasteiger partial charge < -0.3 is 5.32 Å². The standard InChI is InChI=1S/C13H15NO/c15-13(10-5-6-10)14-12-8-7-9-3-1-2-4-11(9)12/h1-4,10,12H,5-8H2,(H,14,15). The number of aryl methyl sites for hydroxylation is 1. The van der Waals surface area contributed by atoms with Crippen LogP contribution in [0.2, 0.25) is 0 Å². The van der Waals surface area contributed by atoms with Gasteiger partial charge in [-0.3, -0.25) is 4.79 Å². The maximum absolute atomic E-state index is 11.7. The van der Waals surface area contributed by atoms with Crippen molar-refractivity contribution in [1.29, 1.82) is 0 Å². The first-order chi connectivity index (χ1) is 7.34. The summed E-state index contributed by atoms with van der Waals surface area (Å²) < 4.78 is 0. The van der Waals surface area contributed by atoms with E-state index in [1.807, 2.05) is 0 Å². The van der Waals surface area contributed by atoms with Gasteiger partial charge in [-0.1, -0.05) is 24.3 Å². The molecule has 0 saturated heterocycles. The Morgan fingerprint density at radius 1 is 1.20 bits per heavy atom. The highest BCUT2D eigenvalue weighted by Gasteiger charge is 2.32. The van der Waals surface area contributed by atoms with E-state index < -0.39 is 0 Å². The molecule has 2 aliphatic rings. The highest BCUT2D eigenvalue weighted by Crippen LogP contribution is 2.34. The van der Waals surface area contributed by atoms with Crippen LogP contribution in [-0.2, 0) is 11.2 Å². The summed E-state index contributed by atoms with van der Waals surface area (Å²) in [5.74, 6) is 0.578. The van der Waals surface area contributed by atoms with Crippen LogP contribution in [0.25, 0.3) is 0 Å². The lowest BCUT2D eigenvalue weighted by Crippen LogP contribution is -2.28. The Morgan fingerprint density at radius 2 is 2.00 bits per heavy atom. The van der Waals surface area contributed by atoms with Gasteiger partial charge in [0.05, 0.1) is 6.04 Å². The first-order valence-electron chi connectivity index (χ1n) is 5.73. The van der Waals surface area contributed by atoms with Gasteiger partial charge in [-0.15, -0.1) is 0 Å². The quantitative estimate of drug-likeness (QED) is 0.780. The van der Waals surface area contributed by atoms with Crippen LogP contribution in [0.3, 0.4) is 0 Å². The van der Waals surface area contributed by atoms with E-state index in [0.717, 1.165) is 25.7 Å².